The topological polar surface area (TPSA) is 90.3 Å². The van der Waals surface area contributed by atoms with Crippen molar-refractivity contribution >= 4 is 15.9 Å². The minimum absolute atomic E-state index is 0.0666. The van der Waals surface area contributed by atoms with Gasteiger partial charge in [-0.15, -0.1) is 0 Å². The van der Waals surface area contributed by atoms with Gasteiger partial charge in [0.15, 0.2) is 0 Å². The number of nitrogens with zero attached hydrogens (tertiary/aromatic N) is 2. The van der Waals surface area contributed by atoms with Gasteiger partial charge in [0.05, 0.1) is 11.0 Å². The second-order valence-electron chi connectivity index (χ2n) is 5.37. The Morgan fingerprint density at radius 1 is 1.26 bits per heavy atom. The van der Waals surface area contributed by atoms with Gasteiger partial charge in [0.2, 0.25) is 10.0 Å². The number of piperidine rings is 1. The summed E-state index contributed by atoms with van der Waals surface area (Å²) in [4.78, 5) is 14.2. The Hall–Kier alpha value is -2.17. The van der Waals surface area contributed by atoms with Crippen LogP contribution in [-0.4, -0.2) is 38.9 Å². The lowest BCUT2D eigenvalue weighted by Crippen LogP contribution is -2.36. The maximum absolute atomic E-state index is 12.4. The second kappa shape index (κ2) is 7.40. The molecular formula is C16H19N3O3S. The van der Waals surface area contributed by atoms with Crippen molar-refractivity contribution in [2.45, 2.75) is 24.2 Å². The van der Waals surface area contributed by atoms with Crippen LogP contribution in [-0.2, 0) is 10.0 Å². The Kier molecular flexibility index (Phi) is 5.53. The molecule has 0 aromatic heterocycles. The lowest BCUT2D eigenvalue weighted by atomic mass is 10.0. The summed E-state index contributed by atoms with van der Waals surface area (Å²) in [5.41, 5.74) is 1.62. The first-order valence-electron chi connectivity index (χ1n) is 7.36. The molecule has 0 unspecified atom stereocenters. The van der Waals surface area contributed by atoms with Crippen LogP contribution in [0.3, 0.4) is 0 Å². The zero-order chi connectivity index (χ0) is 16.9. The van der Waals surface area contributed by atoms with Crippen LogP contribution in [0.15, 0.2) is 41.3 Å². The number of likely N-dealkylation sites (tertiary alicyclic amines) is 1. The zero-order valence-corrected chi connectivity index (χ0v) is 13.6. The molecule has 1 aliphatic rings. The third kappa shape index (κ3) is 4.41. The van der Waals surface area contributed by atoms with Gasteiger partial charge in [-0.3, -0.25) is 4.79 Å². The van der Waals surface area contributed by atoms with Crippen LogP contribution < -0.4 is 4.72 Å². The molecule has 1 aliphatic heterocycles. The normalized spacial score (nSPS) is 15.3. The van der Waals surface area contributed by atoms with Crippen molar-refractivity contribution in [2.24, 2.45) is 0 Å². The number of amides is 1. The predicted octanol–water partition coefficient (Wildman–Crippen LogP) is 1.67. The number of hydrogen-bond donors (Lipinski definition) is 1. The van der Waals surface area contributed by atoms with Gasteiger partial charge in [-0.2, -0.15) is 5.26 Å². The molecule has 0 radical (unpaired) electrons. The largest absolute Gasteiger partial charge is 0.338 e. The van der Waals surface area contributed by atoms with Gasteiger partial charge in [-0.05, 0) is 37.1 Å². The quantitative estimate of drug-likeness (QED) is 0.655. The lowest BCUT2D eigenvalue weighted by molar-refractivity contribution is 0.0743. The van der Waals surface area contributed by atoms with Gasteiger partial charge in [0.1, 0.15) is 0 Å². The van der Waals surface area contributed by atoms with Crippen molar-refractivity contribution in [1.82, 2.24) is 9.62 Å². The summed E-state index contributed by atoms with van der Waals surface area (Å²) in [6, 6.07) is 7.72. The zero-order valence-electron chi connectivity index (χ0n) is 12.8. The molecule has 1 saturated heterocycles. The van der Waals surface area contributed by atoms with Gasteiger partial charge >= 0.3 is 0 Å². The van der Waals surface area contributed by atoms with Crippen LogP contribution in [0.5, 0.6) is 0 Å². The number of nitrogens with one attached hydrogen (secondary N) is 1. The second-order valence-corrected chi connectivity index (χ2v) is 7.14. The molecule has 1 N–H and O–H groups in total. The number of benzene rings is 1. The molecule has 0 spiro atoms. The molecule has 0 aliphatic carbocycles. The Labute approximate surface area is 136 Å². The van der Waals surface area contributed by atoms with E-state index in [-0.39, 0.29) is 23.8 Å². The van der Waals surface area contributed by atoms with E-state index in [1.54, 1.807) is 4.90 Å². The van der Waals surface area contributed by atoms with Gasteiger partial charge in [-0.25, -0.2) is 13.1 Å². The Morgan fingerprint density at radius 2 is 1.87 bits per heavy atom. The van der Waals surface area contributed by atoms with E-state index >= 15 is 0 Å². The van der Waals surface area contributed by atoms with Crippen molar-refractivity contribution in [3.8, 4) is 6.07 Å². The molecule has 1 fully saturated rings. The van der Waals surface area contributed by atoms with E-state index in [2.05, 4.69) is 11.3 Å². The highest BCUT2D eigenvalue weighted by Gasteiger charge is 2.20. The van der Waals surface area contributed by atoms with Gasteiger partial charge in [0, 0.05) is 31.6 Å². The maximum Gasteiger partial charge on any atom is 0.253 e. The molecule has 0 atom stereocenters. The van der Waals surface area contributed by atoms with E-state index < -0.39 is 10.0 Å². The first-order chi connectivity index (χ1) is 10.9. The van der Waals surface area contributed by atoms with E-state index in [1.807, 2.05) is 6.07 Å². The average molecular weight is 333 g/mol. The highest BCUT2D eigenvalue weighted by molar-refractivity contribution is 7.89. The van der Waals surface area contributed by atoms with Crippen LogP contribution in [0.2, 0.25) is 0 Å². The third-order valence-corrected chi connectivity index (χ3v) is 5.18. The summed E-state index contributed by atoms with van der Waals surface area (Å²) in [6.45, 7) is 5.28. The van der Waals surface area contributed by atoms with Crippen molar-refractivity contribution in [3.05, 3.63) is 42.0 Å². The molecule has 1 amide bonds. The predicted molar refractivity (Wildman–Crippen MR) is 86.1 cm³/mol. The molecule has 122 valence electrons. The van der Waals surface area contributed by atoms with E-state index in [0.29, 0.717) is 18.7 Å². The van der Waals surface area contributed by atoms with E-state index in [9.17, 15) is 13.2 Å². The fourth-order valence-corrected chi connectivity index (χ4v) is 3.34. The van der Waals surface area contributed by atoms with Gasteiger partial charge in [-0.1, -0.05) is 12.2 Å². The van der Waals surface area contributed by atoms with Crippen LogP contribution in [0, 0.1) is 11.3 Å². The molecule has 23 heavy (non-hydrogen) atoms. The van der Waals surface area contributed by atoms with Crippen LogP contribution >= 0.6 is 0 Å². The average Bonchev–Trinajstić information content (AvgIpc) is 2.55. The Balaban J connectivity index is 2.05. The summed E-state index contributed by atoms with van der Waals surface area (Å²) in [5, 5.41) is 8.44. The fourth-order valence-electron chi connectivity index (χ4n) is 2.31. The van der Waals surface area contributed by atoms with E-state index in [0.717, 1.165) is 18.4 Å². The number of carbonyl (C=O) groups excluding carboxylic acids is 1. The Bertz CT molecular complexity index is 723. The Morgan fingerprint density at radius 3 is 2.43 bits per heavy atom. The molecule has 1 aromatic rings. The number of sulfonamides is 1. The first-order valence-corrected chi connectivity index (χ1v) is 8.85. The summed E-state index contributed by atoms with van der Waals surface area (Å²) in [5.74, 6) is -0.0983. The molecule has 1 aromatic carbocycles. The van der Waals surface area contributed by atoms with Gasteiger partial charge < -0.3 is 4.90 Å². The minimum Gasteiger partial charge on any atom is -0.338 e. The third-order valence-electron chi connectivity index (χ3n) is 3.70. The molecular weight excluding hydrogens is 314 g/mol. The number of rotatable bonds is 5. The standard InChI is InChI=1S/C16H19N3O3S/c1-13-7-11-19(12-8-13)16(20)14-3-5-15(6-4-14)23(21,22)18-10-2-9-17/h3-6,18H,1-2,7-8,10-12H2. The van der Waals surface area contributed by atoms with Crippen molar-refractivity contribution < 1.29 is 13.2 Å². The van der Waals surface area contributed by atoms with Crippen LogP contribution in [0.1, 0.15) is 29.6 Å². The highest BCUT2D eigenvalue weighted by Crippen LogP contribution is 2.18. The molecule has 1 heterocycles. The van der Waals surface area contributed by atoms with Crippen molar-refractivity contribution in [2.75, 3.05) is 19.6 Å². The number of hydrogen-bond acceptors (Lipinski definition) is 4. The molecule has 2 rings (SSSR count). The summed E-state index contributed by atoms with van der Waals surface area (Å²) < 4.78 is 26.3. The minimum atomic E-state index is -3.64. The van der Waals surface area contributed by atoms with Gasteiger partial charge in [0.25, 0.3) is 5.91 Å². The SMILES string of the molecule is C=C1CCN(C(=O)c2ccc(S(=O)(=O)NCCC#N)cc2)CC1. The summed E-state index contributed by atoms with van der Waals surface area (Å²) in [7, 11) is -3.64. The van der Waals surface area contributed by atoms with Crippen LogP contribution in [0.4, 0.5) is 0 Å². The fraction of sp³-hybridized carbons (Fsp3) is 0.375. The maximum atomic E-state index is 12.4. The monoisotopic (exact) mass is 333 g/mol. The molecule has 7 heteroatoms. The van der Waals surface area contributed by atoms with Crippen molar-refractivity contribution in [3.63, 3.8) is 0 Å². The highest BCUT2D eigenvalue weighted by atomic mass is 32.2. The number of nitriles is 1. The van der Waals surface area contributed by atoms with E-state index in [1.165, 1.54) is 24.3 Å². The molecule has 6 nitrogen and oxygen atoms in total. The van der Waals surface area contributed by atoms with E-state index in [4.69, 9.17) is 5.26 Å². The number of carbonyl (C=O) groups is 1. The summed E-state index contributed by atoms with van der Waals surface area (Å²) >= 11 is 0. The lowest BCUT2D eigenvalue weighted by Gasteiger charge is -2.28. The van der Waals surface area contributed by atoms with Crippen LogP contribution in [0.25, 0.3) is 0 Å². The molecule has 0 saturated carbocycles. The summed E-state index contributed by atoms with van der Waals surface area (Å²) in [6.07, 6.45) is 1.72. The smallest absolute Gasteiger partial charge is 0.253 e. The van der Waals surface area contributed by atoms with Crippen molar-refractivity contribution in [1.29, 1.82) is 5.26 Å². The first kappa shape index (κ1) is 17.2. The molecule has 0 bridgehead atoms.